The molecular formula is C20H15Cl2FN2O3. The maximum Gasteiger partial charge on any atom is 0.260 e. The smallest absolute Gasteiger partial charge is 0.260 e. The van der Waals surface area contributed by atoms with Gasteiger partial charge in [0.1, 0.15) is 17.3 Å². The van der Waals surface area contributed by atoms with Crippen molar-refractivity contribution in [3.63, 3.8) is 0 Å². The first kappa shape index (κ1) is 18.8. The number of fused-ring (bicyclic) bond motifs is 1. The monoisotopic (exact) mass is 420 g/mol. The number of carbonyl (C=O) groups excluding carboxylic acids is 1. The highest BCUT2D eigenvalue weighted by Crippen LogP contribution is 2.31. The fraction of sp³-hybridized carbons (Fsp3) is 0.200. The van der Waals surface area contributed by atoms with Crippen LogP contribution in [0.5, 0.6) is 5.75 Å². The second kappa shape index (κ2) is 7.81. The van der Waals surface area contributed by atoms with Crippen LogP contribution in [0.3, 0.4) is 0 Å². The molecule has 0 spiro atoms. The Morgan fingerprint density at radius 1 is 1.21 bits per heavy atom. The van der Waals surface area contributed by atoms with Crippen LogP contribution in [0.15, 0.2) is 47.0 Å². The van der Waals surface area contributed by atoms with E-state index >= 15 is 0 Å². The lowest BCUT2D eigenvalue weighted by Crippen LogP contribution is -2.38. The molecule has 5 nitrogen and oxygen atoms in total. The fourth-order valence-electron chi connectivity index (χ4n) is 3.09. The third-order valence-corrected chi connectivity index (χ3v) is 5.09. The molecule has 0 N–H and O–H groups in total. The zero-order valence-electron chi connectivity index (χ0n) is 14.6. The molecule has 0 saturated heterocycles. The maximum atomic E-state index is 13.1. The number of nitrogens with zero attached hydrogens (tertiary/aromatic N) is 2. The molecule has 0 atom stereocenters. The summed E-state index contributed by atoms with van der Waals surface area (Å²) in [7, 11) is 0. The molecule has 1 aliphatic rings. The number of ether oxygens (including phenoxy) is 1. The van der Waals surface area contributed by atoms with E-state index in [0.717, 1.165) is 11.1 Å². The van der Waals surface area contributed by atoms with E-state index in [0.29, 0.717) is 46.8 Å². The number of rotatable bonds is 4. The molecule has 0 fully saturated rings. The summed E-state index contributed by atoms with van der Waals surface area (Å²) in [5, 5.41) is 4.95. The molecule has 1 amide bonds. The molecule has 28 heavy (non-hydrogen) atoms. The Labute approximate surface area is 170 Å². The van der Waals surface area contributed by atoms with Crippen LogP contribution in [0.4, 0.5) is 4.39 Å². The van der Waals surface area contributed by atoms with Gasteiger partial charge in [-0.05, 0) is 42.8 Å². The van der Waals surface area contributed by atoms with Crippen LogP contribution in [0, 0.1) is 5.82 Å². The molecule has 4 rings (SSSR count). The summed E-state index contributed by atoms with van der Waals surface area (Å²) >= 11 is 12.0. The van der Waals surface area contributed by atoms with E-state index < -0.39 is 0 Å². The van der Waals surface area contributed by atoms with Crippen molar-refractivity contribution in [3.05, 3.63) is 69.6 Å². The van der Waals surface area contributed by atoms with Gasteiger partial charge < -0.3 is 14.2 Å². The second-order valence-corrected chi connectivity index (χ2v) is 7.22. The Morgan fingerprint density at radius 3 is 2.79 bits per heavy atom. The summed E-state index contributed by atoms with van der Waals surface area (Å²) in [6, 6.07) is 10.9. The van der Waals surface area contributed by atoms with Gasteiger partial charge in [0, 0.05) is 28.8 Å². The van der Waals surface area contributed by atoms with E-state index in [-0.39, 0.29) is 18.3 Å². The lowest BCUT2D eigenvalue weighted by molar-refractivity contribution is -0.134. The van der Waals surface area contributed by atoms with Crippen LogP contribution < -0.4 is 4.74 Å². The number of hydrogen-bond acceptors (Lipinski definition) is 4. The SMILES string of the molecule is O=C(COc1cc(Cl)ccc1Cl)N1CCc2c(noc2-c2ccc(F)cc2)C1. The second-order valence-electron chi connectivity index (χ2n) is 6.37. The first-order valence-corrected chi connectivity index (χ1v) is 9.36. The Balaban J connectivity index is 1.43. The van der Waals surface area contributed by atoms with E-state index in [1.807, 2.05) is 0 Å². The van der Waals surface area contributed by atoms with Gasteiger partial charge in [-0.15, -0.1) is 0 Å². The average Bonchev–Trinajstić information content (AvgIpc) is 3.12. The minimum atomic E-state index is -0.311. The van der Waals surface area contributed by atoms with Crippen molar-refractivity contribution in [2.24, 2.45) is 0 Å². The van der Waals surface area contributed by atoms with Crippen LogP contribution in [-0.2, 0) is 17.8 Å². The molecule has 0 saturated carbocycles. The van der Waals surface area contributed by atoms with Gasteiger partial charge in [0.15, 0.2) is 12.4 Å². The molecule has 144 valence electrons. The van der Waals surface area contributed by atoms with Crippen molar-refractivity contribution >= 4 is 29.1 Å². The molecule has 0 radical (unpaired) electrons. The maximum absolute atomic E-state index is 13.1. The Hall–Kier alpha value is -2.57. The van der Waals surface area contributed by atoms with Crippen molar-refractivity contribution in [2.45, 2.75) is 13.0 Å². The predicted molar refractivity (Wildman–Crippen MR) is 103 cm³/mol. The van der Waals surface area contributed by atoms with Gasteiger partial charge in [-0.1, -0.05) is 28.4 Å². The van der Waals surface area contributed by atoms with Gasteiger partial charge in [-0.25, -0.2) is 4.39 Å². The molecule has 2 heterocycles. The largest absolute Gasteiger partial charge is 0.482 e. The van der Waals surface area contributed by atoms with Crippen molar-refractivity contribution in [2.75, 3.05) is 13.2 Å². The van der Waals surface area contributed by atoms with Crippen LogP contribution in [-0.4, -0.2) is 29.1 Å². The van der Waals surface area contributed by atoms with Crippen LogP contribution >= 0.6 is 23.2 Å². The summed E-state index contributed by atoms with van der Waals surface area (Å²) < 4.78 is 24.1. The molecule has 0 aliphatic carbocycles. The van der Waals surface area contributed by atoms with Crippen molar-refractivity contribution in [1.82, 2.24) is 10.1 Å². The predicted octanol–water partition coefficient (Wildman–Crippen LogP) is 4.75. The van der Waals surface area contributed by atoms with Gasteiger partial charge in [-0.3, -0.25) is 4.79 Å². The Kier molecular flexibility index (Phi) is 5.24. The lowest BCUT2D eigenvalue weighted by atomic mass is 10.0. The van der Waals surface area contributed by atoms with E-state index in [1.54, 1.807) is 35.2 Å². The first-order valence-electron chi connectivity index (χ1n) is 8.60. The number of halogens is 3. The molecule has 8 heteroatoms. The van der Waals surface area contributed by atoms with Gasteiger partial charge in [0.25, 0.3) is 5.91 Å². The third kappa shape index (κ3) is 3.84. The summed E-state index contributed by atoms with van der Waals surface area (Å²) in [6.45, 7) is 0.678. The van der Waals surface area contributed by atoms with E-state index in [4.69, 9.17) is 32.5 Å². The highest BCUT2D eigenvalue weighted by atomic mass is 35.5. The normalized spacial score (nSPS) is 13.3. The molecule has 3 aromatic rings. The van der Waals surface area contributed by atoms with Gasteiger partial charge in [-0.2, -0.15) is 0 Å². The van der Waals surface area contributed by atoms with Crippen molar-refractivity contribution in [3.8, 4) is 17.1 Å². The Morgan fingerprint density at radius 2 is 2.00 bits per heavy atom. The molecule has 0 bridgehead atoms. The standard InChI is InChI=1S/C20H15Cl2FN2O3/c21-13-3-6-16(22)18(9-13)27-11-19(26)25-8-7-15-17(10-25)24-28-20(15)12-1-4-14(23)5-2-12/h1-6,9H,7-8,10-11H2. The zero-order chi connectivity index (χ0) is 19.7. The zero-order valence-corrected chi connectivity index (χ0v) is 16.1. The van der Waals surface area contributed by atoms with E-state index in [2.05, 4.69) is 5.16 Å². The minimum absolute atomic E-state index is 0.155. The molecular weight excluding hydrogens is 406 g/mol. The third-order valence-electron chi connectivity index (χ3n) is 4.55. The summed E-state index contributed by atoms with van der Waals surface area (Å²) in [6.07, 6.45) is 0.592. The van der Waals surface area contributed by atoms with E-state index in [1.165, 1.54) is 12.1 Å². The minimum Gasteiger partial charge on any atom is -0.482 e. The highest BCUT2D eigenvalue weighted by molar-refractivity contribution is 6.34. The number of benzene rings is 2. The number of hydrogen-bond donors (Lipinski definition) is 0. The molecule has 1 aromatic heterocycles. The molecule has 0 unspecified atom stereocenters. The quantitative estimate of drug-likeness (QED) is 0.610. The summed E-state index contributed by atoms with van der Waals surface area (Å²) in [5.41, 5.74) is 2.39. The topological polar surface area (TPSA) is 55.6 Å². The van der Waals surface area contributed by atoms with Crippen molar-refractivity contribution < 1.29 is 18.4 Å². The highest BCUT2D eigenvalue weighted by Gasteiger charge is 2.27. The molecule has 2 aromatic carbocycles. The Bertz CT molecular complexity index is 1020. The van der Waals surface area contributed by atoms with E-state index in [9.17, 15) is 9.18 Å². The number of amides is 1. The van der Waals surface area contributed by atoms with Crippen LogP contribution in [0.2, 0.25) is 10.0 Å². The first-order chi connectivity index (χ1) is 13.5. The van der Waals surface area contributed by atoms with Crippen LogP contribution in [0.25, 0.3) is 11.3 Å². The lowest BCUT2D eigenvalue weighted by Gasteiger charge is -2.26. The van der Waals surface area contributed by atoms with Gasteiger partial charge in [0.2, 0.25) is 0 Å². The van der Waals surface area contributed by atoms with Gasteiger partial charge >= 0.3 is 0 Å². The summed E-state index contributed by atoms with van der Waals surface area (Å²) in [5.74, 6) is 0.478. The fourth-order valence-corrected chi connectivity index (χ4v) is 3.42. The van der Waals surface area contributed by atoms with Gasteiger partial charge in [0.05, 0.1) is 11.6 Å². The van der Waals surface area contributed by atoms with Crippen LogP contribution in [0.1, 0.15) is 11.3 Å². The van der Waals surface area contributed by atoms with Crippen molar-refractivity contribution in [1.29, 1.82) is 0 Å². The average molecular weight is 421 g/mol. The number of carbonyl (C=O) groups is 1. The number of aromatic nitrogens is 1. The summed E-state index contributed by atoms with van der Waals surface area (Å²) in [4.78, 5) is 14.2. The molecule has 1 aliphatic heterocycles.